The summed E-state index contributed by atoms with van der Waals surface area (Å²) in [6.07, 6.45) is -16.2. The van der Waals surface area contributed by atoms with E-state index in [9.17, 15) is 153 Å². The van der Waals surface area contributed by atoms with Gasteiger partial charge in [-0.05, 0) is 13.8 Å². The van der Waals surface area contributed by atoms with Crippen LogP contribution in [-0.4, -0.2) is 165 Å². The van der Waals surface area contributed by atoms with Crippen molar-refractivity contribution in [2.45, 2.75) is 108 Å². The van der Waals surface area contributed by atoms with Crippen molar-refractivity contribution in [3.63, 3.8) is 0 Å². The maximum absolute atomic E-state index is 15.4. The lowest BCUT2D eigenvalue weighted by Crippen LogP contribution is -2.75. The second-order valence-corrected chi connectivity index (χ2v) is 18.1. The highest BCUT2D eigenvalue weighted by atomic mass is 32.2. The fourth-order valence-corrected chi connectivity index (χ4v) is 7.65. The summed E-state index contributed by atoms with van der Waals surface area (Å²) in [5, 5.41) is -17.2. The number of likely N-dealkylation sites (N-methyl/N-ethyl adjacent to an activating group) is 1. The molecule has 1 heterocycles. The maximum atomic E-state index is 15.4. The van der Waals surface area contributed by atoms with E-state index in [0.717, 1.165) is 0 Å². The minimum atomic E-state index is -9.49. The summed E-state index contributed by atoms with van der Waals surface area (Å²) < 4.78 is 528. The quantitative estimate of drug-likeness (QED) is 0.0527. The first kappa shape index (κ1) is 70.2. The predicted octanol–water partition coefficient (Wildman–Crippen LogP) is 10.3. The summed E-state index contributed by atoms with van der Waals surface area (Å²) in [4.78, 5) is 18.9. The molecule has 1 rings (SSSR count). The zero-order chi connectivity index (χ0) is 62.4. The van der Waals surface area contributed by atoms with Crippen molar-refractivity contribution >= 4 is 43.9 Å². The van der Waals surface area contributed by atoms with Crippen molar-refractivity contribution in [1.29, 1.82) is 0 Å². The minimum absolute atomic E-state index is 0.0904. The molecule has 77 heavy (non-hydrogen) atoms. The van der Waals surface area contributed by atoms with Crippen LogP contribution in [0.1, 0.15) is 13.8 Å². The normalized spacial score (nSPS) is 15.6. The molecule has 0 amide bonds. The van der Waals surface area contributed by atoms with Crippen LogP contribution in [0.3, 0.4) is 0 Å². The maximum Gasteiger partial charge on any atom is 0.460 e. The van der Waals surface area contributed by atoms with Gasteiger partial charge in [0.1, 0.15) is 6.61 Å². The highest BCUT2D eigenvalue weighted by Gasteiger charge is 2.98. The number of halogens is 34. The van der Waals surface area contributed by atoms with Crippen molar-refractivity contribution in [3.8, 4) is 0 Å². The molecule has 0 N–H and O–H groups in total. The van der Waals surface area contributed by atoms with E-state index in [1.54, 1.807) is 0 Å². The van der Waals surface area contributed by atoms with Crippen LogP contribution in [0.4, 0.5) is 167 Å². The molecule has 1 aromatic rings. The number of alkyl halides is 34. The van der Waals surface area contributed by atoms with Crippen LogP contribution < -0.4 is 13.5 Å². The average molecular weight is 1260 g/mol. The van der Waals surface area contributed by atoms with Crippen molar-refractivity contribution < 1.29 is 176 Å². The zero-order valence-corrected chi connectivity index (χ0v) is 37.5. The molecule has 452 valence electrons. The van der Waals surface area contributed by atoms with Gasteiger partial charge in [0.2, 0.25) is 17.8 Å². The van der Waals surface area contributed by atoms with E-state index in [0.29, 0.717) is 6.08 Å². The van der Waals surface area contributed by atoms with Gasteiger partial charge in [0, 0.05) is 26.2 Å². The fraction of sp³-hybridized carbons (Fsp3) is 0.793. The Morgan fingerprint density at radius 2 is 0.649 bits per heavy atom. The van der Waals surface area contributed by atoms with E-state index in [1.807, 2.05) is 0 Å². The molecule has 0 aromatic carbocycles. The molecular weight excluding hydrogens is 1240 g/mol. The smallest absolute Gasteiger partial charge is 0.460 e. The molecular formula is C29H20F34N6O6S2. The van der Waals surface area contributed by atoms with Crippen molar-refractivity contribution in [2.75, 3.05) is 46.8 Å². The average Bonchev–Trinajstić information content (AvgIpc) is 3.24. The molecule has 0 bridgehead atoms. The van der Waals surface area contributed by atoms with E-state index in [2.05, 4.69) is 26.3 Å². The number of sulfonamides is 2. The van der Waals surface area contributed by atoms with Crippen LogP contribution in [0.15, 0.2) is 12.7 Å². The first-order valence-corrected chi connectivity index (χ1v) is 21.0. The number of esters is 1. The number of rotatable bonds is 25. The van der Waals surface area contributed by atoms with E-state index >= 15 is 17.6 Å². The van der Waals surface area contributed by atoms with Gasteiger partial charge in [-0.25, -0.2) is 13.4 Å². The van der Waals surface area contributed by atoms with Crippen molar-refractivity contribution in [2.24, 2.45) is 0 Å². The van der Waals surface area contributed by atoms with Crippen LogP contribution in [0, 0.1) is 0 Å². The molecule has 0 saturated heterocycles. The summed E-state index contributed by atoms with van der Waals surface area (Å²) in [6.45, 7) is -5.13. The third-order valence-corrected chi connectivity index (χ3v) is 13.2. The Morgan fingerprint density at radius 3 is 0.870 bits per heavy atom. The van der Waals surface area contributed by atoms with Gasteiger partial charge in [-0.1, -0.05) is 6.58 Å². The monoisotopic (exact) mass is 1260 g/mol. The van der Waals surface area contributed by atoms with Gasteiger partial charge >= 0.3 is 120 Å². The predicted molar refractivity (Wildman–Crippen MR) is 180 cm³/mol. The SMILES string of the molecule is C=CC(=O)OCCN(C)c1nc(N(CC)S(=O)(=O)C(F)(F)C(F)(F)C(F)(F)C(F)(F)C(F)(F)C(F)(F)C(F)(F)C(F)(F)F)nc(N(CC)S(=O)(=O)C(F)(F)C(F)(F)C(F)(F)C(F)(F)C(F)(F)C(F)(F)C(F)(F)C(F)(F)F)n1. The molecule has 0 unspecified atom stereocenters. The molecule has 0 aliphatic heterocycles. The van der Waals surface area contributed by atoms with Gasteiger partial charge in [-0.2, -0.15) is 181 Å². The van der Waals surface area contributed by atoms with E-state index in [1.165, 1.54) is 0 Å². The number of ether oxygens (including phenoxy) is 1. The van der Waals surface area contributed by atoms with Crippen molar-refractivity contribution in [3.05, 3.63) is 12.7 Å². The number of hydrogen-bond donors (Lipinski definition) is 0. The summed E-state index contributed by atoms with van der Waals surface area (Å²) >= 11 is 0. The van der Waals surface area contributed by atoms with Crippen LogP contribution >= 0.6 is 0 Å². The lowest BCUT2D eigenvalue weighted by atomic mass is 9.91. The highest BCUT2D eigenvalue weighted by molar-refractivity contribution is 7.94. The Morgan fingerprint density at radius 1 is 0.429 bits per heavy atom. The summed E-state index contributed by atoms with van der Waals surface area (Å²) in [6, 6.07) is 0. The Labute approximate surface area is 402 Å². The summed E-state index contributed by atoms with van der Waals surface area (Å²) in [5.74, 6) is -120. The van der Waals surface area contributed by atoms with Gasteiger partial charge in [-0.3, -0.25) is 0 Å². The van der Waals surface area contributed by atoms with Gasteiger partial charge in [-0.15, -0.1) is 0 Å². The minimum Gasteiger partial charge on any atom is -0.461 e. The lowest BCUT2D eigenvalue weighted by molar-refractivity contribution is -0.458. The molecule has 48 heteroatoms. The van der Waals surface area contributed by atoms with Gasteiger partial charge in [0.05, 0.1) is 6.54 Å². The van der Waals surface area contributed by atoms with Crippen molar-refractivity contribution in [1.82, 2.24) is 15.0 Å². The molecule has 0 spiro atoms. The highest BCUT2D eigenvalue weighted by Crippen LogP contribution is 2.67. The second-order valence-electron chi connectivity index (χ2n) is 14.3. The molecule has 1 aromatic heterocycles. The summed E-state index contributed by atoms with van der Waals surface area (Å²) in [7, 11) is -17.3. The van der Waals surface area contributed by atoms with Gasteiger partial charge < -0.3 is 9.64 Å². The number of nitrogens with zero attached hydrogens (tertiary/aromatic N) is 6. The van der Waals surface area contributed by atoms with E-state index < -0.39 is 173 Å². The Balaban J connectivity index is 4.51. The zero-order valence-electron chi connectivity index (χ0n) is 35.9. The molecule has 0 aliphatic rings. The van der Waals surface area contributed by atoms with Crippen LogP contribution in [-0.2, 0) is 29.6 Å². The van der Waals surface area contributed by atoms with Gasteiger partial charge in [0.25, 0.3) is 0 Å². The first-order valence-electron chi connectivity index (χ1n) is 18.1. The number of hydrogen-bond acceptors (Lipinski definition) is 10. The molecule has 0 saturated carbocycles. The number of carbonyl (C=O) groups is 1. The Bertz CT molecular complexity index is 2420. The third-order valence-electron chi connectivity index (χ3n) is 9.41. The third kappa shape index (κ3) is 9.71. The largest absolute Gasteiger partial charge is 0.461 e. The Hall–Kier alpha value is -4.86. The number of aromatic nitrogens is 3. The second kappa shape index (κ2) is 19.7. The number of carbonyl (C=O) groups excluding carboxylic acids is 1. The molecule has 0 radical (unpaired) electrons. The molecule has 0 atom stereocenters. The van der Waals surface area contributed by atoms with Gasteiger partial charge in [0.15, 0.2) is 0 Å². The van der Waals surface area contributed by atoms with Crippen LogP contribution in [0.2, 0.25) is 0 Å². The molecule has 12 nitrogen and oxygen atoms in total. The summed E-state index contributed by atoms with van der Waals surface area (Å²) in [5.41, 5.74) is 0. The van der Waals surface area contributed by atoms with E-state index in [-0.39, 0.29) is 25.8 Å². The lowest BCUT2D eigenvalue weighted by Gasteiger charge is -2.43. The first-order chi connectivity index (χ1) is 33.3. The number of anilines is 3. The standard InChI is InChI=1S/C29H20F34N6O6S2/c1-5-10(70)75-9-8-67(4)11-64-12(68(6-2)76(71,72)28(60,61)24(50,51)20(42,43)16(34,35)14(30,31)18(38,39)22(46,47)26(54,55)56)66-13(65-11)69(7-3)77(73,74)29(62,63)25(52,53)21(44,45)17(36,37)15(32,33)19(40,41)23(48,49)27(57,58)59/h5H,1,6-9H2,2-4H3. The van der Waals surface area contributed by atoms with E-state index in [4.69, 9.17) is 0 Å². The Kier molecular flexibility index (Phi) is 18.0. The molecule has 0 aliphatic carbocycles. The topological polar surface area (TPSA) is 143 Å². The fourth-order valence-electron chi connectivity index (χ4n) is 4.92. The van der Waals surface area contributed by atoms with Crippen LogP contribution in [0.5, 0.6) is 0 Å². The molecule has 0 fully saturated rings. The van der Waals surface area contributed by atoms with Crippen LogP contribution in [0.25, 0.3) is 0 Å².